The van der Waals surface area contributed by atoms with Crippen LogP contribution in [0.2, 0.25) is 0 Å². The Morgan fingerprint density at radius 2 is 1.79 bits per heavy atom. The number of nitrogens with zero attached hydrogens (tertiary/aromatic N) is 1. The van der Waals surface area contributed by atoms with Crippen molar-refractivity contribution in [2.24, 2.45) is 0 Å². The number of hydrogen-bond acceptors (Lipinski definition) is 2. The van der Waals surface area contributed by atoms with Gasteiger partial charge in [-0.1, -0.05) is 30.3 Å². The Morgan fingerprint density at radius 1 is 1.05 bits per heavy atom. The standard InChI is InChI=1S/C15H25N3O/c1-18(2)15(19)17-13-12-16-11-7-6-10-14-8-4-3-5-9-14/h3-5,8-9,16H,6-7,10-13H2,1-2H3,(H,17,19). The number of carbonyl (C=O) groups excluding carboxylic acids is 1. The van der Waals surface area contributed by atoms with Crippen LogP contribution < -0.4 is 10.6 Å². The number of benzene rings is 1. The second-order valence-electron chi connectivity index (χ2n) is 4.82. The lowest BCUT2D eigenvalue weighted by Crippen LogP contribution is -2.38. The van der Waals surface area contributed by atoms with Crippen LogP contribution in [0.15, 0.2) is 30.3 Å². The van der Waals surface area contributed by atoms with Crippen LogP contribution >= 0.6 is 0 Å². The molecule has 1 aromatic rings. The lowest BCUT2D eigenvalue weighted by Gasteiger charge is -2.12. The first-order valence-corrected chi connectivity index (χ1v) is 6.90. The molecular weight excluding hydrogens is 238 g/mol. The highest BCUT2D eigenvalue weighted by Gasteiger charge is 2.00. The van der Waals surface area contributed by atoms with Crippen molar-refractivity contribution in [2.45, 2.75) is 19.3 Å². The normalized spacial score (nSPS) is 10.2. The number of nitrogens with one attached hydrogen (secondary N) is 2. The van der Waals surface area contributed by atoms with E-state index in [-0.39, 0.29) is 6.03 Å². The fourth-order valence-corrected chi connectivity index (χ4v) is 1.76. The quantitative estimate of drug-likeness (QED) is 0.703. The van der Waals surface area contributed by atoms with E-state index in [9.17, 15) is 4.79 Å². The fraction of sp³-hybridized carbons (Fsp3) is 0.533. The minimum absolute atomic E-state index is 0.0362. The Bertz CT molecular complexity index is 352. The maximum atomic E-state index is 11.2. The molecule has 0 aliphatic heterocycles. The highest BCUT2D eigenvalue weighted by molar-refractivity contribution is 5.73. The van der Waals surface area contributed by atoms with E-state index in [0.29, 0.717) is 6.54 Å². The van der Waals surface area contributed by atoms with Crippen molar-refractivity contribution < 1.29 is 4.79 Å². The number of unbranched alkanes of at least 4 members (excludes halogenated alkanes) is 1. The highest BCUT2D eigenvalue weighted by atomic mass is 16.2. The molecule has 0 fully saturated rings. The van der Waals surface area contributed by atoms with Gasteiger partial charge in [0.25, 0.3) is 0 Å². The molecule has 0 spiro atoms. The molecule has 1 aromatic carbocycles. The summed E-state index contributed by atoms with van der Waals surface area (Å²) in [4.78, 5) is 12.8. The van der Waals surface area contributed by atoms with Gasteiger partial charge >= 0.3 is 6.03 Å². The molecule has 4 nitrogen and oxygen atoms in total. The number of carbonyl (C=O) groups is 1. The summed E-state index contributed by atoms with van der Waals surface area (Å²) in [6.07, 6.45) is 3.50. The number of amides is 2. The molecule has 0 aliphatic carbocycles. The Hall–Kier alpha value is -1.55. The average molecular weight is 263 g/mol. The molecule has 19 heavy (non-hydrogen) atoms. The summed E-state index contributed by atoms with van der Waals surface area (Å²) >= 11 is 0. The van der Waals surface area contributed by atoms with Gasteiger partial charge in [0.2, 0.25) is 0 Å². The van der Waals surface area contributed by atoms with Gasteiger partial charge < -0.3 is 15.5 Å². The van der Waals surface area contributed by atoms with Gasteiger partial charge in [0.1, 0.15) is 0 Å². The largest absolute Gasteiger partial charge is 0.337 e. The third-order valence-corrected chi connectivity index (χ3v) is 2.90. The van der Waals surface area contributed by atoms with E-state index >= 15 is 0 Å². The van der Waals surface area contributed by atoms with E-state index in [0.717, 1.165) is 25.9 Å². The third-order valence-electron chi connectivity index (χ3n) is 2.90. The summed E-state index contributed by atoms with van der Waals surface area (Å²) in [7, 11) is 3.48. The maximum absolute atomic E-state index is 11.2. The monoisotopic (exact) mass is 263 g/mol. The molecule has 4 heteroatoms. The van der Waals surface area contributed by atoms with E-state index in [4.69, 9.17) is 0 Å². The van der Waals surface area contributed by atoms with E-state index in [2.05, 4.69) is 34.9 Å². The predicted molar refractivity (Wildman–Crippen MR) is 79.3 cm³/mol. The maximum Gasteiger partial charge on any atom is 0.316 e. The number of urea groups is 1. The van der Waals surface area contributed by atoms with E-state index < -0.39 is 0 Å². The molecule has 0 unspecified atom stereocenters. The van der Waals surface area contributed by atoms with Crippen molar-refractivity contribution in [3.05, 3.63) is 35.9 Å². The molecule has 2 N–H and O–H groups in total. The van der Waals surface area contributed by atoms with Crippen LogP contribution in [0, 0.1) is 0 Å². The summed E-state index contributed by atoms with van der Waals surface area (Å²) in [6.45, 7) is 2.51. The van der Waals surface area contributed by atoms with Crippen molar-refractivity contribution in [2.75, 3.05) is 33.7 Å². The first-order valence-electron chi connectivity index (χ1n) is 6.90. The Kier molecular flexibility index (Phi) is 7.66. The number of aryl methyl sites for hydroxylation is 1. The molecule has 0 saturated heterocycles. The summed E-state index contributed by atoms with van der Waals surface area (Å²) in [6, 6.07) is 10.5. The minimum Gasteiger partial charge on any atom is -0.337 e. The first kappa shape index (κ1) is 15.5. The van der Waals surface area contributed by atoms with Crippen LogP contribution in [-0.4, -0.2) is 44.7 Å². The van der Waals surface area contributed by atoms with Gasteiger partial charge in [-0.25, -0.2) is 4.79 Å². The summed E-state index contributed by atoms with van der Waals surface area (Å²) in [5, 5.41) is 6.16. The van der Waals surface area contributed by atoms with Crippen LogP contribution in [0.5, 0.6) is 0 Å². The van der Waals surface area contributed by atoms with Gasteiger partial charge in [-0.3, -0.25) is 0 Å². The molecule has 0 aliphatic rings. The molecule has 1 rings (SSSR count). The van der Waals surface area contributed by atoms with Gasteiger partial charge in [0.05, 0.1) is 0 Å². The lowest BCUT2D eigenvalue weighted by molar-refractivity contribution is 0.217. The van der Waals surface area contributed by atoms with Gasteiger partial charge in [-0.05, 0) is 31.4 Å². The van der Waals surface area contributed by atoms with E-state index in [1.54, 1.807) is 19.0 Å². The minimum atomic E-state index is -0.0362. The van der Waals surface area contributed by atoms with Crippen LogP contribution in [-0.2, 0) is 6.42 Å². The van der Waals surface area contributed by atoms with Crippen molar-refractivity contribution in [1.82, 2.24) is 15.5 Å². The van der Waals surface area contributed by atoms with Gasteiger partial charge in [-0.2, -0.15) is 0 Å². The van der Waals surface area contributed by atoms with Crippen LogP contribution in [0.25, 0.3) is 0 Å². The van der Waals surface area contributed by atoms with Gasteiger partial charge in [-0.15, -0.1) is 0 Å². The summed E-state index contributed by atoms with van der Waals surface area (Å²) in [5.41, 5.74) is 1.40. The van der Waals surface area contributed by atoms with Gasteiger partial charge in [0.15, 0.2) is 0 Å². The van der Waals surface area contributed by atoms with Crippen molar-refractivity contribution in [1.29, 1.82) is 0 Å². The fourth-order valence-electron chi connectivity index (χ4n) is 1.76. The topological polar surface area (TPSA) is 44.4 Å². The highest BCUT2D eigenvalue weighted by Crippen LogP contribution is 2.03. The van der Waals surface area contributed by atoms with E-state index in [1.807, 2.05) is 6.07 Å². The zero-order valence-electron chi connectivity index (χ0n) is 12.0. The van der Waals surface area contributed by atoms with Crippen molar-refractivity contribution >= 4 is 6.03 Å². The Morgan fingerprint density at radius 3 is 2.47 bits per heavy atom. The Labute approximate surface area is 116 Å². The smallest absolute Gasteiger partial charge is 0.316 e. The van der Waals surface area contributed by atoms with Crippen LogP contribution in [0.4, 0.5) is 4.79 Å². The SMILES string of the molecule is CN(C)C(=O)NCCNCCCCc1ccccc1. The van der Waals surface area contributed by atoms with Gasteiger partial charge in [0, 0.05) is 27.2 Å². The molecular formula is C15H25N3O. The molecule has 0 saturated carbocycles. The molecule has 0 atom stereocenters. The van der Waals surface area contributed by atoms with Crippen LogP contribution in [0.3, 0.4) is 0 Å². The second-order valence-corrected chi connectivity index (χ2v) is 4.82. The molecule has 0 aromatic heterocycles. The molecule has 0 radical (unpaired) electrons. The zero-order chi connectivity index (χ0) is 13.9. The second kappa shape index (κ2) is 9.39. The first-order chi connectivity index (χ1) is 9.20. The average Bonchev–Trinajstić information content (AvgIpc) is 2.42. The molecule has 2 amide bonds. The summed E-state index contributed by atoms with van der Waals surface area (Å²) < 4.78 is 0. The zero-order valence-corrected chi connectivity index (χ0v) is 12.0. The van der Waals surface area contributed by atoms with E-state index in [1.165, 1.54) is 12.0 Å². The third kappa shape index (κ3) is 7.47. The van der Waals surface area contributed by atoms with Crippen molar-refractivity contribution in [3.8, 4) is 0 Å². The molecule has 0 bridgehead atoms. The predicted octanol–water partition coefficient (Wildman–Crippen LogP) is 1.87. The lowest BCUT2D eigenvalue weighted by atomic mass is 10.1. The number of rotatable bonds is 8. The van der Waals surface area contributed by atoms with Crippen molar-refractivity contribution in [3.63, 3.8) is 0 Å². The molecule has 0 heterocycles. The number of hydrogen-bond donors (Lipinski definition) is 2. The summed E-state index contributed by atoms with van der Waals surface area (Å²) in [5.74, 6) is 0. The molecule has 106 valence electrons. The Balaban J connectivity index is 1.90. The van der Waals surface area contributed by atoms with Crippen LogP contribution in [0.1, 0.15) is 18.4 Å².